The van der Waals surface area contributed by atoms with Crippen molar-refractivity contribution in [2.75, 3.05) is 63.8 Å². The highest BCUT2D eigenvalue weighted by Crippen LogP contribution is 2.31. The van der Waals surface area contributed by atoms with Crippen molar-refractivity contribution in [2.45, 2.75) is 33.6 Å². The molecule has 3 aromatic rings. The van der Waals surface area contributed by atoms with E-state index in [1.165, 1.54) is 0 Å². The van der Waals surface area contributed by atoms with Gasteiger partial charge in [0.05, 0.1) is 28.4 Å². The minimum Gasteiger partial charge on any atom is -0.355 e. The van der Waals surface area contributed by atoms with E-state index >= 15 is 0 Å². The minimum atomic E-state index is -0.0499. The molecule has 2 aliphatic rings. The highest BCUT2D eigenvalue weighted by molar-refractivity contribution is 5.92. The summed E-state index contributed by atoms with van der Waals surface area (Å²) in [4.78, 5) is 20.2. The van der Waals surface area contributed by atoms with E-state index in [4.69, 9.17) is 5.10 Å². The fraction of sp³-hybridized carbons (Fsp3) is 0.556. The van der Waals surface area contributed by atoms with Gasteiger partial charge in [-0.25, -0.2) is 4.68 Å². The number of benzene rings is 1. The first-order valence-electron chi connectivity index (χ1n) is 13.3. The van der Waals surface area contributed by atoms with Gasteiger partial charge in [-0.1, -0.05) is 25.1 Å². The molecule has 2 saturated heterocycles. The van der Waals surface area contributed by atoms with E-state index in [1.807, 2.05) is 29.8 Å². The quantitative estimate of drug-likeness (QED) is 0.545. The Kier molecular flexibility index (Phi) is 7.48. The van der Waals surface area contributed by atoms with Gasteiger partial charge in [0.25, 0.3) is 0 Å². The van der Waals surface area contributed by atoms with Gasteiger partial charge in [0.15, 0.2) is 5.82 Å². The number of nitrogens with one attached hydrogen (secondary N) is 1. The molecule has 4 heterocycles. The summed E-state index contributed by atoms with van der Waals surface area (Å²) in [5, 5.41) is 18.3. The fourth-order valence-corrected chi connectivity index (χ4v) is 5.54. The number of fused-ring (bicyclic) bond motifs is 1. The summed E-state index contributed by atoms with van der Waals surface area (Å²) in [6, 6.07) is 10.2. The van der Waals surface area contributed by atoms with Crippen LogP contribution >= 0.6 is 0 Å². The van der Waals surface area contributed by atoms with Crippen LogP contribution in [0.5, 0.6) is 0 Å². The summed E-state index contributed by atoms with van der Waals surface area (Å²) >= 11 is 0. The van der Waals surface area contributed by atoms with E-state index in [0.29, 0.717) is 13.1 Å². The Hall–Kier alpha value is -3.04. The number of likely N-dealkylation sites (N-methyl/N-ethyl adjacent to an activating group) is 1. The standard InChI is InChI=1S/C27H38N8O/c1-4-32-15-17-33(18-16-32)14-12-28-27(36)22-9-8-13-34(19-22)26-25-24(20(2)29-30-26)21(3)35(31-25)23-10-6-5-7-11-23/h5-7,10-11,22H,4,8-9,12-19H2,1-3H3,(H,28,36)/t22-/m1/s1. The zero-order chi connectivity index (χ0) is 25.1. The van der Waals surface area contributed by atoms with Crippen LogP contribution in [-0.2, 0) is 4.79 Å². The molecule has 1 atom stereocenters. The maximum Gasteiger partial charge on any atom is 0.224 e. The SMILES string of the molecule is CCN1CCN(CCNC(=O)[C@@H]2CCCN(c3nnc(C)c4c(C)n(-c5ccccc5)nc34)C2)CC1. The van der Waals surface area contributed by atoms with Crippen molar-refractivity contribution >= 4 is 22.6 Å². The van der Waals surface area contributed by atoms with Gasteiger partial charge in [-0.05, 0) is 45.4 Å². The molecule has 9 nitrogen and oxygen atoms in total. The number of rotatable bonds is 7. The smallest absolute Gasteiger partial charge is 0.224 e. The number of amides is 1. The maximum absolute atomic E-state index is 13.1. The zero-order valence-corrected chi connectivity index (χ0v) is 21.8. The van der Waals surface area contributed by atoms with Crippen molar-refractivity contribution in [2.24, 2.45) is 5.92 Å². The molecule has 0 bridgehead atoms. The minimum absolute atomic E-state index is 0.0499. The number of piperidine rings is 1. The van der Waals surface area contributed by atoms with E-state index in [9.17, 15) is 4.79 Å². The third-order valence-electron chi connectivity index (χ3n) is 7.72. The van der Waals surface area contributed by atoms with Gasteiger partial charge in [0, 0.05) is 52.4 Å². The van der Waals surface area contributed by atoms with Crippen molar-refractivity contribution in [3.05, 3.63) is 41.7 Å². The molecule has 9 heteroatoms. The van der Waals surface area contributed by atoms with E-state index in [1.54, 1.807) is 0 Å². The van der Waals surface area contributed by atoms with E-state index < -0.39 is 0 Å². The fourth-order valence-electron chi connectivity index (χ4n) is 5.54. The summed E-state index contributed by atoms with van der Waals surface area (Å²) < 4.78 is 1.97. The van der Waals surface area contributed by atoms with Crippen LogP contribution in [0.3, 0.4) is 0 Å². The Morgan fingerprint density at radius 2 is 1.78 bits per heavy atom. The molecule has 0 unspecified atom stereocenters. The summed E-state index contributed by atoms with van der Waals surface area (Å²) in [5.74, 6) is 0.875. The van der Waals surface area contributed by atoms with Crippen LogP contribution in [0, 0.1) is 19.8 Å². The lowest BCUT2D eigenvalue weighted by Crippen LogP contribution is -2.49. The number of hydrogen-bond acceptors (Lipinski definition) is 7. The lowest BCUT2D eigenvalue weighted by Gasteiger charge is -2.34. The number of aryl methyl sites for hydroxylation is 2. The molecule has 0 saturated carbocycles. The van der Waals surface area contributed by atoms with Crippen LogP contribution in [0.2, 0.25) is 0 Å². The van der Waals surface area contributed by atoms with Crippen LogP contribution in [0.1, 0.15) is 31.2 Å². The molecule has 0 aliphatic carbocycles. The van der Waals surface area contributed by atoms with Gasteiger partial charge < -0.3 is 15.1 Å². The van der Waals surface area contributed by atoms with Gasteiger partial charge in [0.1, 0.15) is 5.52 Å². The number of carbonyl (C=O) groups excluding carboxylic acids is 1. The molecule has 5 rings (SSSR count). The van der Waals surface area contributed by atoms with Gasteiger partial charge >= 0.3 is 0 Å². The van der Waals surface area contributed by atoms with Crippen LogP contribution in [-0.4, -0.2) is 94.6 Å². The normalized spacial score (nSPS) is 19.6. The number of aromatic nitrogens is 4. The number of hydrogen-bond donors (Lipinski definition) is 1. The predicted octanol–water partition coefficient (Wildman–Crippen LogP) is 2.40. The lowest BCUT2D eigenvalue weighted by atomic mass is 9.97. The van der Waals surface area contributed by atoms with Crippen molar-refractivity contribution in [1.82, 2.24) is 35.1 Å². The molecule has 36 heavy (non-hydrogen) atoms. The molecule has 0 radical (unpaired) electrons. The average molecular weight is 491 g/mol. The Labute approximate surface area is 213 Å². The summed E-state index contributed by atoms with van der Waals surface area (Å²) in [6.45, 7) is 14.9. The summed E-state index contributed by atoms with van der Waals surface area (Å²) in [5.41, 5.74) is 3.80. The number of carbonyl (C=O) groups is 1. The lowest BCUT2D eigenvalue weighted by molar-refractivity contribution is -0.125. The maximum atomic E-state index is 13.1. The van der Waals surface area contributed by atoms with Crippen molar-refractivity contribution in [3.63, 3.8) is 0 Å². The van der Waals surface area contributed by atoms with Crippen LogP contribution < -0.4 is 10.2 Å². The van der Waals surface area contributed by atoms with E-state index in [0.717, 1.165) is 92.5 Å². The van der Waals surface area contributed by atoms with Crippen molar-refractivity contribution in [3.8, 4) is 5.69 Å². The first-order valence-corrected chi connectivity index (χ1v) is 13.3. The predicted molar refractivity (Wildman–Crippen MR) is 143 cm³/mol. The Bertz CT molecular complexity index is 1190. The second-order valence-electron chi connectivity index (χ2n) is 10.0. The van der Waals surface area contributed by atoms with Crippen molar-refractivity contribution in [1.29, 1.82) is 0 Å². The van der Waals surface area contributed by atoms with Gasteiger partial charge in [-0.2, -0.15) is 10.2 Å². The summed E-state index contributed by atoms with van der Waals surface area (Å²) in [6.07, 6.45) is 1.85. The molecule has 1 amide bonds. The molecule has 2 aliphatic heterocycles. The monoisotopic (exact) mass is 490 g/mol. The van der Waals surface area contributed by atoms with Crippen molar-refractivity contribution < 1.29 is 4.79 Å². The second-order valence-corrected chi connectivity index (χ2v) is 10.0. The van der Waals surface area contributed by atoms with E-state index in [2.05, 4.69) is 56.2 Å². The molecule has 0 spiro atoms. The molecule has 2 fully saturated rings. The highest BCUT2D eigenvalue weighted by atomic mass is 16.1. The molecule has 1 aromatic carbocycles. The molecule has 1 N–H and O–H groups in total. The van der Waals surface area contributed by atoms with Gasteiger partial charge in [0.2, 0.25) is 5.91 Å². The molecular formula is C27H38N8O. The Morgan fingerprint density at radius 1 is 1.03 bits per heavy atom. The average Bonchev–Trinajstić information content (AvgIpc) is 3.27. The van der Waals surface area contributed by atoms with Gasteiger partial charge in [-0.3, -0.25) is 9.69 Å². The molecular weight excluding hydrogens is 452 g/mol. The number of anilines is 1. The molecule has 192 valence electrons. The second kappa shape index (κ2) is 10.9. The number of para-hydroxylation sites is 1. The largest absolute Gasteiger partial charge is 0.355 e. The van der Waals surface area contributed by atoms with Crippen LogP contribution in [0.4, 0.5) is 5.82 Å². The first kappa shape index (κ1) is 24.6. The third kappa shape index (κ3) is 5.08. The molecule has 2 aromatic heterocycles. The first-order chi connectivity index (χ1) is 17.5. The highest BCUT2D eigenvalue weighted by Gasteiger charge is 2.29. The topological polar surface area (TPSA) is 82.4 Å². The van der Waals surface area contributed by atoms with Gasteiger partial charge in [-0.15, -0.1) is 5.10 Å². The van der Waals surface area contributed by atoms with Crippen LogP contribution in [0.25, 0.3) is 16.6 Å². The number of piperazine rings is 1. The van der Waals surface area contributed by atoms with Crippen LogP contribution in [0.15, 0.2) is 30.3 Å². The zero-order valence-electron chi connectivity index (χ0n) is 21.8. The summed E-state index contributed by atoms with van der Waals surface area (Å²) in [7, 11) is 0. The Morgan fingerprint density at radius 3 is 2.53 bits per heavy atom. The van der Waals surface area contributed by atoms with E-state index in [-0.39, 0.29) is 11.8 Å². The number of nitrogens with zero attached hydrogens (tertiary/aromatic N) is 7. The third-order valence-corrected chi connectivity index (χ3v) is 7.72. The Balaban J connectivity index is 1.26.